The summed E-state index contributed by atoms with van der Waals surface area (Å²) in [5.41, 5.74) is 5.27. The fraction of sp³-hybridized carbons (Fsp3) is 1.00. The predicted molar refractivity (Wildman–Crippen MR) is 44.1 cm³/mol. The van der Waals surface area contributed by atoms with Gasteiger partial charge in [-0.25, -0.2) is 4.39 Å². The van der Waals surface area contributed by atoms with E-state index < -0.39 is 12.2 Å². The monoisotopic (exact) mass is 163 g/mol. The van der Waals surface area contributed by atoms with Gasteiger partial charge in [0.25, 0.3) is 0 Å². The second-order valence-electron chi connectivity index (χ2n) is 2.86. The second kappa shape index (κ2) is 6.55. The third-order valence-corrected chi connectivity index (χ3v) is 1.76. The lowest BCUT2D eigenvalue weighted by atomic mass is 10.1. The number of aliphatic hydroxyl groups is 1. The number of alkyl halides is 1. The zero-order chi connectivity index (χ0) is 8.69. The molecule has 0 bridgehead atoms. The molecule has 0 fully saturated rings. The van der Waals surface area contributed by atoms with E-state index in [1.807, 2.05) is 0 Å². The van der Waals surface area contributed by atoms with Crippen molar-refractivity contribution in [2.75, 3.05) is 6.61 Å². The molecule has 68 valence electrons. The lowest BCUT2D eigenvalue weighted by molar-refractivity contribution is 0.179. The summed E-state index contributed by atoms with van der Waals surface area (Å²) in [6.07, 6.45) is 2.44. The number of aliphatic hydroxyl groups excluding tert-OH is 1. The van der Waals surface area contributed by atoms with E-state index in [4.69, 9.17) is 10.8 Å². The van der Waals surface area contributed by atoms with Crippen LogP contribution in [-0.2, 0) is 0 Å². The smallest absolute Gasteiger partial charge is 0.117 e. The number of unbranched alkanes of at least 4 members (excludes halogenated alkanes) is 2. The van der Waals surface area contributed by atoms with Gasteiger partial charge in [0.2, 0.25) is 0 Å². The normalized spacial score (nSPS) is 16.4. The first-order valence-electron chi connectivity index (χ1n) is 4.22. The van der Waals surface area contributed by atoms with Crippen molar-refractivity contribution in [2.24, 2.45) is 5.73 Å². The molecule has 0 aliphatic carbocycles. The first kappa shape index (κ1) is 10.8. The van der Waals surface area contributed by atoms with Gasteiger partial charge in [-0.1, -0.05) is 26.2 Å². The largest absolute Gasteiger partial charge is 0.395 e. The van der Waals surface area contributed by atoms with E-state index in [0.717, 1.165) is 19.3 Å². The summed E-state index contributed by atoms with van der Waals surface area (Å²) in [6, 6.07) is -0.688. The van der Waals surface area contributed by atoms with E-state index in [1.54, 1.807) is 0 Å². The maximum absolute atomic E-state index is 12.8. The summed E-state index contributed by atoms with van der Waals surface area (Å²) < 4.78 is 12.8. The zero-order valence-corrected chi connectivity index (χ0v) is 7.09. The topological polar surface area (TPSA) is 46.2 Å². The van der Waals surface area contributed by atoms with Crippen LogP contribution in [0, 0.1) is 0 Å². The quantitative estimate of drug-likeness (QED) is 0.578. The standard InChI is InChI=1S/C8H18FNO/c1-2-3-4-5-7(9)8(10)6-11/h7-8,11H,2-6,10H2,1H3. The summed E-state index contributed by atoms with van der Waals surface area (Å²) in [6.45, 7) is 1.81. The molecule has 0 saturated carbocycles. The minimum Gasteiger partial charge on any atom is -0.395 e. The summed E-state index contributed by atoms with van der Waals surface area (Å²) in [5, 5.41) is 8.50. The van der Waals surface area contributed by atoms with Crippen molar-refractivity contribution in [1.82, 2.24) is 0 Å². The number of hydrogen-bond acceptors (Lipinski definition) is 2. The van der Waals surface area contributed by atoms with E-state index >= 15 is 0 Å². The van der Waals surface area contributed by atoms with Crippen LogP contribution in [0.1, 0.15) is 32.6 Å². The number of nitrogens with two attached hydrogens (primary N) is 1. The van der Waals surface area contributed by atoms with Crippen LogP contribution in [0.2, 0.25) is 0 Å². The van der Waals surface area contributed by atoms with Gasteiger partial charge in [0.15, 0.2) is 0 Å². The Morgan fingerprint density at radius 3 is 2.55 bits per heavy atom. The Kier molecular flexibility index (Phi) is 6.46. The molecule has 0 aromatic carbocycles. The Morgan fingerprint density at radius 2 is 2.09 bits per heavy atom. The van der Waals surface area contributed by atoms with Crippen molar-refractivity contribution in [3.63, 3.8) is 0 Å². The van der Waals surface area contributed by atoms with E-state index in [2.05, 4.69) is 6.92 Å². The molecule has 0 aromatic heterocycles. The van der Waals surface area contributed by atoms with Crippen molar-refractivity contribution >= 4 is 0 Å². The van der Waals surface area contributed by atoms with Crippen molar-refractivity contribution in [1.29, 1.82) is 0 Å². The summed E-state index contributed by atoms with van der Waals surface area (Å²) in [7, 11) is 0. The molecule has 0 aliphatic rings. The van der Waals surface area contributed by atoms with Gasteiger partial charge in [0.05, 0.1) is 12.6 Å². The van der Waals surface area contributed by atoms with Crippen LogP contribution in [0.3, 0.4) is 0 Å². The third-order valence-electron chi connectivity index (χ3n) is 1.76. The van der Waals surface area contributed by atoms with Crippen LogP contribution in [0.5, 0.6) is 0 Å². The van der Waals surface area contributed by atoms with Gasteiger partial charge in [-0.05, 0) is 6.42 Å². The molecule has 0 saturated heterocycles. The highest BCUT2D eigenvalue weighted by Crippen LogP contribution is 2.08. The highest BCUT2D eigenvalue weighted by molar-refractivity contribution is 4.70. The number of hydrogen-bond donors (Lipinski definition) is 2. The molecule has 0 rings (SSSR count). The average Bonchev–Trinajstić information content (AvgIpc) is 2.03. The minimum absolute atomic E-state index is 0.257. The molecule has 11 heavy (non-hydrogen) atoms. The predicted octanol–water partition coefficient (Wildman–Crippen LogP) is 1.22. The molecule has 3 heteroatoms. The van der Waals surface area contributed by atoms with Crippen LogP contribution in [0.4, 0.5) is 4.39 Å². The molecule has 0 heterocycles. The fourth-order valence-corrected chi connectivity index (χ4v) is 0.918. The van der Waals surface area contributed by atoms with Gasteiger partial charge >= 0.3 is 0 Å². The molecule has 0 spiro atoms. The summed E-state index contributed by atoms with van der Waals surface area (Å²) >= 11 is 0. The Morgan fingerprint density at radius 1 is 1.45 bits per heavy atom. The lowest BCUT2D eigenvalue weighted by Crippen LogP contribution is -2.34. The molecular formula is C8H18FNO. The van der Waals surface area contributed by atoms with Gasteiger partial charge in [-0.15, -0.1) is 0 Å². The molecular weight excluding hydrogens is 145 g/mol. The van der Waals surface area contributed by atoms with Gasteiger partial charge in [0.1, 0.15) is 6.17 Å². The molecule has 0 aliphatic heterocycles. The number of halogens is 1. The third kappa shape index (κ3) is 5.16. The Bertz CT molecular complexity index is 90.2. The summed E-state index contributed by atoms with van der Waals surface area (Å²) in [5.74, 6) is 0. The zero-order valence-electron chi connectivity index (χ0n) is 7.09. The molecule has 2 atom stereocenters. The van der Waals surface area contributed by atoms with Gasteiger partial charge < -0.3 is 10.8 Å². The lowest BCUT2D eigenvalue weighted by Gasteiger charge is -2.13. The van der Waals surface area contributed by atoms with Crippen molar-refractivity contribution in [2.45, 2.75) is 44.8 Å². The van der Waals surface area contributed by atoms with Crippen LogP contribution in [0.25, 0.3) is 0 Å². The molecule has 0 aromatic rings. The average molecular weight is 163 g/mol. The Hall–Kier alpha value is -0.150. The van der Waals surface area contributed by atoms with Crippen molar-refractivity contribution < 1.29 is 9.50 Å². The van der Waals surface area contributed by atoms with Crippen LogP contribution in [-0.4, -0.2) is 23.9 Å². The van der Waals surface area contributed by atoms with Crippen LogP contribution < -0.4 is 5.73 Å². The molecule has 0 amide bonds. The molecule has 2 nitrogen and oxygen atoms in total. The fourth-order valence-electron chi connectivity index (χ4n) is 0.918. The minimum atomic E-state index is -1.04. The Balaban J connectivity index is 3.28. The maximum Gasteiger partial charge on any atom is 0.117 e. The highest BCUT2D eigenvalue weighted by Gasteiger charge is 2.14. The van der Waals surface area contributed by atoms with E-state index in [1.165, 1.54) is 0 Å². The molecule has 2 unspecified atom stereocenters. The van der Waals surface area contributed by atoms with Crippen LogP contribution >= 0.6 is 0 Å². The summed E-state index contributed by atoms with van der Waals surface area (Å²) in [4.78, 5) is 0. The van der Waals surface area contributed by atoms with E-state index in [-0.39, 0.29) is 6.61 Å². The highest BCUT2D eigenvalue weighted by atomic mass is 19.1. The molecule has 0 radical (unpaired) electrons. The first-order chi connectivity index (χ1) is 5.22. The second-order valence-corrected chi connectivity index (χ2v) is 2.86. The van der Waals surface area contributed by atoms with E-state index in [9.17, 15) is 4.39 Å². The van der Waals surface area contributed by atoms with Gasteiger partial charge in [-0.3, -0.25) is 0 Å². The van der Waals surface area contributed by atoms with Crippen molar-refractivity contribution in [3.8, 4) is 0 Å². The SMILES string of the molecule is CCCCCC(F)C(N)CO. The van der Waals surface area contributed by atoms with Gasteiger partial charge in [0, 0.05) is 0 Å². The number of rotatable bonds is 6. The van der Waals surface area contributed by atoms with Crippen molar-refractivity contribution in [3.05, 3.63) is 0 Å². The Labute approximate surface area is 67.6 Å². The molecule has 3 N–H and O–H groups in total. The maximum atomic E-state index is 12.8. The first-order valence-corrected chi connectivity index (χ1v) is 4.22. The van der Waals surface area contributed by atoms with E-state index in [0.29, 0.717) is 6.42 Å². The van der Waals surface area contributed by atoms with Crippen LogP contribution in [0.15, 0.2) is 0 Å². The van der Waals surface area contributed by atoms with Gasteiger partial charge in [-0.2, -0.15) is 0 Å².